The molecule has 0 aliphatic carbocycles. The number of fused-ring (bicyclic) bond motifs is 1. The van der Waals surface area contributed by atoms with Gasteiger partial charge in [-0.15, -0.1) is 0 Å². The van der Waals surface area contributed by atoms with Crippen molar-refractivity contribution in [1.29, 1.82) is 0 Å². The van der Waals surface area contributed by atoms with Crippen molar-refractivity contribution in [3.05, 3.63) is 56.5 Å². The maximum absolute atomic E-state index is 12.9. The molecule has 1 amide bonds. The third-order valence-electron chi connectivity index (χ3n) is 6.97. The Hall–Kier alpha value is -3.66. The Morgan fingerprint density at radius 3 is 2.24 bits per heavy atom. The van der Waals surface area contributed by atoms with Crippen LogP contribution in [-0.2, 0) is 24.9 Å². The molecule has 0 unspecified atom stereocenters. The molecule has 0 N–H and O–H groups in total. The fraction of sp³-hybridized carbons (Fsp3) is 0.481. The fourth-order valence-electron chi connectivity index (χ4n) is 4.66. The number of ether oxygens (including phenoxy) is 1. The molecule has 10 heteroatoms. The molecule has 0 atom stereocenters. The minimum atomic E-state index is -0.344. The van der Waals surface area contributed by atoms with Gasteiger partial charge >= 0.3 is 5.69 Å². The van der Waals surface area contributed by atoms with Crippen LogP contribution < -0.4 is 16.0 Å². The highest BCUT2D eigenvalue weighted by Crippen LogP contribution is 2.17. The minimum Gasteiger partial charge on any atom is -0.484 e. The highest BCUT2D eigenvalue weighted by Gasteiger charge is 2.22. The third kappa shape index (κ3) is 5.39. The number of hydrogen-bond acceptors (Lipinski definition) is 6. The Balaban J connectivity index is 1.43. The molecular weight excluding hydrogens is 472 g/mol. The number of carbonyl (C=O) groups is 1. The number of aromatic nitrogens is 4. The van der Waals surface area contributed by atoms with E-state index in [1.807, 2.05) is 48.2 Å². The minimum absolute atomic E-state index is 0.00178. The molecule has 10 nitrogen and oxygen atoms in total. The van der Waals surface area contributed by atoms with Gasteiger partial charge in [0.05, 0.1) is 0 Å². The summed E-state index contributed by atoms with van der Waals surface area (Å²) in [6.07, 6.45) is 3.70. The zero-order chi connectivity index (χ0) is 26.7. The van der Waals surface area contributed by atoms with E-state index in [1.165, 1.54) is 9.13 Å². The molecule has 0 spiro atoms. The maximum atomic E-state index is 12.9. The summed E-state index contributed by atoms with van der Waals surface area (Å²) in [7, 11) is 1.78. The van der Waals surface area contributed by atoms with Crippen LogP contribution in [0.1, 0.15) is 39.1 Å². The number of aryl methyl sites for hydroxylation is 2. The van der Waals surface area contributed by atoms with Gasteiger partial charge in [0.15, 0.2) is 17.8 Å². The van der Waals surface area contributed by atoms with Gasteiger partial charge in [-0.05, 0) is 51.5 Å². The van der Waals surface area contributed by atoms with E-state index < -0.39 is 0 Å². The van der Waals surface area contributed by atoms with Crippen LogP contribution >= 0.6 is 0 Å². The van der Waals surface area contributed by atoms with Gasteiger partial charge in [-0.1, -0.05) is 18.2 Å². The Morgan fingerprint density at radius 2 is 1.65 bits per heavy atom. The molecule has 1 aliphatic rings. The van der Waals surface area contributed by atoms with Crippen LogP contribution in [0.2, 0.25) is 0 Å². The molecule has 3 aromatic rings. The maximum Gasteiger partial charge on any atom is 0.332 e. The van der Waals surface area contributed by atoms with Gasteiger partial charge in [0.1, 0.15) is 11.6 Å². The lowest BCUT2D eigenvalue weighted by Gasteiger charge is -2.36. The zero-order valence-corrected chi connectivity index (χ0v) is 22.3. The number of nitrogens with zero attached hydrogens (tertiary/aromatic N) is 6. The van der Waals surface area contributed by atoms with Gasteiger partial charge in [0, 0.05) is 52.4 Å². The average molecular weight is 509 g/mol. The van der Waals surface area contributed by atoms with Crippen molar-refractivity contribution in [2.24, 2.45) is 7.05 Å². The van der Waals surface area contributed by atoms with Crippen molar-refractivity contribution >= 4 is 29.2 Å². The highest BCUT2D eigenvalue weighted by molar-refractivity contribution is 5.78. The number of amides is 1. The van der Waals surface area contributed by atoms with Crippen LogP contribution in [0, 0.1) is 0 Å². The molecule has 37 heavy (non-hydrogen) atoms. The Kier molecular flexibility index (Phi) is 7.97. The normalized spacial score (nSPS) is 14.8. The van der Waals surface area contributed by atoms with Gasteiger partial charge in [0.25, 0.3) is 11.5 Å². The van der Waals surface area contributed by atoms with Crippen LogP contribution in [0.25, 0.3) is 23.3 Å². The summed E-state index contributed by atoms with van der Waals surface area (Å²) in [6, 6.07) is 7.94. The largest absolute Gasteiger partial charge is 0.484 e. The van der Waals surface area contributed by atoms with E-state index in [-0.39, 0.29) is 23.8 Å². The summed E-state index contributed by atoms with van der Waals surface area (Å²) in [5.41, 5.74) is 1.03. The van der Waals surface area contributed by atoms with E-state index in [4.69, 9.17) is 4.74 Å². The summed E-state index contributed by atoms with van der Waals surface area (Å²) < 4.78 is 10.2. The van der Waals surface area contributed by atoms with Crippen molar-refractivity contribution in [3.63, 3.8) is 0 Å². The molecule has 3 heterocycles. The van der Waals surface area contributed by atoms with E-state index >= 15 is 0 Å². The summed E-state index contributed by atoms with van der Waals surface area (Å²) in [5, 5.41) is 0. The molecule has 1 fully saturated rings. The first-order valence-corrected chi connectivity index (χ1v) is 12.9. The Morgan fingerprint density at radius 1 is 1.00 bits per heavy atom. The highest BCUT2D eigenvalue weighted by atomic mass is 16.5. The predicted molar refractivity (Wildman–Crippen MR) is 145 cm³/mol. The standard InChI is InChI=1S/C27H36N6O4/c1-6-32-25-24(26(35)33(7-2)27(32)36)29(5)22(28-25)13-10-20-8-11-21(12-9-20)37-18-23(34)31-16-14-30(15-17-31)19(3)4/h8-13,19H,6-7,14-18H2,1-5H3/b13-10+. The van der Waals surface area contributed by atoms with Crippen LogP contribution in [0.3, 0.4) is 0 Å². The number of piperazine rings is 1. The second-order valence-electron chi connectivity index (χ2n) is 9.48. The van der Waals surface area contributed by atoms with E-state index in [1.54, 1.807) is 18.5 Å². The number of benzene rings is 1. The summed E-state index contributed by atoms with van der Waals surface area (Å²) in [5.74, 6) is 1.20. The van der Waals surface area contributed by atoms with Gasteiger partial charge < -0.3 is 14.2 Å². The van der Waals surface area contributed by atoms with Crippen LogP contribution in [0.5, 0.6) is 5.75 Å². The van der Waals surface area contributed by atoms with Crippen molar-refractivity contribution < 1.29 is 9.53 Å². The lowest BCUT2D eigenvalue weighted by molar-refractivity contribution is -0.135. The first-order chi connectivity index (χ1) is 17.7. The molecule has 1 aromatic carbocycles. The monoisotopic (exact) mass is 508 g/mol. The van der Waals surface area contributed by atoms with Crippen molar-refractivity contribution in [1.82, 2.24) is 28.5 Å². The summed E-state index contributed by atoms with van der Waals surface area (Å²) in [4.78, 5) is 46.8. The molecular formula is C27H36N6O4. The molecule has 1 saturated heterocycles. The van der Waals surface area contributed by atoms with Gasteiger partial charge in [-0.25, -0.2) is 9.78 Å². The lowest BCUT2D eigenvalue weighted by atomic mass is 10.2. The molecule has 0 radical (unpaired) electrons. The van der Waals surface area contributed by atoms with Gasteiger partial charge in [-0.2, -0.15) is 0 Å². The van der Waals surface area contributed by atoms with E-state index in [0.29, 0.717) is 41.9 Å². The Labute approximate surface area is 216 Å². The quantitative estimate of drug-likeness (QED) is 0.462. The summed E-state index contributed by atoms with van der Waals surface area (Å²) >= 11 is 0. The Bertz CT molecular complexity index is 1410. The SMILES string of the molecule is CCn1c(=O)c2c(nc(/C=C/c3ccc(OCC(=O)N4CCN(C(C)C)CC4)cc3)n2C)n(CC)c1=O. The molecule has 4 rings (SSSR count). The van der Waals surface area contributed by atoms with Crippen LogP contribution in [0.15, 0.2) is 33.9 Å². The lowest BCUT2D eigenvalue weighted by Crippen LogP contribution is -2.51. The van der Waals surface area contributed by atoms with E-state index in [2.05, 4.69) is 23.7 Å². The molecule has 0 saturated carbocycles. The van der Waals surface area contributed by atoms with Crippen molar-refractivity contribution in [2.45, 2.75) is 46.8 Å². The number of hydrogen-bond donors (Lipinski definition) is 0. The number of carbonyl (C=O) groups excluding carboxylic acids is 1. The second kappa shape index (κ2) is 11.2. The van der Waals surface area contributed by atoms with E-state index in [0.717, 1.165) is 31.7 Å². The van der Waals surface area contributed by atoms with Crippen LogP contribution in [0.4, 0.5) is 0 Å². The fourth-order valence-corrected chi connectivity index (χ4v) is 4.66. The molecule has 198 valence electrons. The third-order valence-corrected chi connectivity index (χ3v) is 6.97. The van der Waals surface area contributed by atoms with Gasteiger partial charge in [-0.3, -0.25) is 23.6 Å². The first-order valence-electron chi connectivity index (χ1n) is 12.9. The van der Waals surface area contributed by atoms with Crippen molar-refractivity contribution in [3.8, 4) is 5.75 Å². The number of imidazole rings is 1. The second-order valence-corrected chi connectivity index (χ2v) is 9.48. The summed E-state index contributed by atoms with van der Waals surface area (Å²) in [6.45, 7) is 12.0. The van der Waals surface area contributed by atoms with E-state index in [9.17, 15) is 14.4 Å². The molecule has 0 bridgehead atoms. The van der Waals surface area contributed by atoms with Crippen molar-refractivity contribution in [2.75, 3.05) is 32.8 Å². The smallest absolute Gasteiger partial charge is 0.332 e. The first kappa shape index (κ1) is 26.4. The zero-order valence-electron chi connectivity index (χ0n) is 22.3. The number of rotatable bonds is 8. The van der Waals surface area contributed by atoms with Crippen LogP contribution in [-0.4, -0.2) is 73.2 Å². The molecule has 1 aliphatic heterocycles. The van der Waals surface area contributed by atoms with Gasteiger partial charge in [0.2, 0.25) is 0 Å². The topological polar surface area (TPSA) is 94.6 Å². The predicted octanol–water partition coefficient (Wildman–Crippen LogP) is 2.04. The average Bonchev–Trinajstić information content (AvgIpc) is 3.23. The molecule has 2 aromatic heterocycles.